The second-order valence-corrected chi connectivity index (χ2v) is 5.51. The van der Waals surface area contributed by atoms with Crippen molar-refractivity contribution in [3.8, 4) is 0 Å². The first-order chi connectivity index (χ1) is 9.93. The number of hydrogen-bond donors (Lipinski definition) is 3. The molecule has 1 rings (SSSR count). The summed E-state index contributed by atoms with van der Waals surface area (Å²) in [5, 5.41) is 5.55. The van der Waals surface area contributed by atoms with Crippen LogP contribution in [0.5, 0.6) is 0 Å². The van der Waals surface area contributed by atoms with Crippen molar-refractivity contribution in [1.82, 2.24) is 10.6 Å². The van der Waals surface area contributed by atoms with Gasteiger partial charge in [-0.2, -0.15) is 0 Å². The molecule has 0 aliphatic rings. The van der Waals surface area contributed by atoms with Crippen molar-refractivity contribution in [2.75, 3.05) is 6.54 Å². The first-order valence-electron chi connectivity index (χ1n) is 7.34. The third-order valence-electron chi connectivity index (χ3n) is 3.06. The van der Waals surface area contributed by atoms with Gasteiger partial charge in [0, 0.05) is 18.7 Å². The number of rotatable bonds is 7. The minimum atomic E-state index is -0.489. The van der Waals surface area contributed by atoms with Crippen molar-refractivity contribution >= 4 is 11.8 Å². The summed E-state index contributed by atoms with van der Waals surface area (Å²) in [7, 11) is 0. The molecule has 5 heteroatoms. The Morgan fingerprint density at radius 2 is 1.95 bits per heavy atom. The summed E-state index contributed by atoms with van der Waals surface area (Å²) in [6.07, 6.45) is 0.658. The summed E-state index contributed by atoms with van der Waals surface area (Å²) in [5.74, 6) is 0.112. The van der Waals surface area contributed by atoms with Gasteiger partial charge in [-0.15, -0.1) is 0 Å². The fraction of sp³-hybridized carbons (Fsp3) is 0.500. The predicted molar refractivity (Wildman–Crippen MR) is 83.7 cm³/mol. The Hall–Kier alpha value is -1.88. The van der Waals surface area contributed by atoms with Gasteiger partial charge >= 0.3 is 0 Å². The predicted octanol–water partition coefficient (Wildman–Crippen LogP) is 1.43. The molecule has 0 fully saturated rings. The van der Waals surface area contributed by atoms with E-state index in [1.807, 2.05) is 26.8 Å². The Kier molecular flexibility index (Phi) is 6.88. The number of nitrogens with two attached hydrogens (primary N) is 1. The van der Waals surface area contributed by atoms with Crippen LogP contribution in [0.2, 0.25) is 0 Å². The van der Waals surface area contributed by atoms with Crippen LogP contribution in [0, 0.1) is 5.92 Å². The summed E-state index contributed by atoms with van der Waals surface area (Å²) in [5.41, 5.74) is 7.30. The van der Waals surface area contributed by atoms with Crippen LogP contribution in [0.25, 0.3) is 0 Å². The maximum absolute atomic E-state index is 11.9. The zero-order valence-electron chi connectivity index (χ0n) is 13.0. The first-order valence-corrected chi connectivity index (χ1v) is 7.34. The Morgan fingerprint density at radius 1 is 1.24 bits per heavy atom. The van der Waals surface area contributed by atoms with Gasteiger partial charge in [-0.05, 0) is 37.0 Å². The van der Waals surface area contributed by atoms with Crippen LogP contribution in [-0.2, 0) is 11.3 Å². The Bertz CT molecular complexity index is 486. The van der Waals surface area contributed by atoms with E-state index < -0.39 is 6.04 Å². The highest BCUT2D eigenvalue weighted by Gasteiger charge is 2.14. The fourth-order valence-electron chi connectivity index (χ4n) is 2.02. The van der Waals surface area contributed by atoms with Gasteiger partial charge in [-0.3, -0.25) is 9.59 Å². The van der Waals surface area contributed by atoms with Crippen LogP contribution in [0.15, 0.2) is 24.3 Å². The molecular formula is C16H25N3O2. The molecule has 0 aliphatic heterocycles. The van der Waals surface area contributed by atoms with Crippen LogP contribution in [0.4, 0.5) is 0 Å². The lowest BCUT2D eigenvalue weighted by atomic mass is 10.0. The summed E-state index contributed by atoms with van der Waals surface area (Å²) in [6, 6.07) is 6.72. The molecule has 0 saturated heterocycles. The largest absolute Gasteiger partial charge is 0.352 e. The molecular weight excluding hydrogens is 266 g/mol. The first kappa shape index (κ1) is 17.2. The molecule has 5 nitrogen and oxygen atoms in total. The second kappa shape index (κ2) is 8.42. The van der Waals surface area contributed by atoms with Crippen LogP contribution in [0.1, 0.15) is 43.1 Å². The quantitative estimate of drug-likeness (QED) is 0.710. The zero-order chi connectivity index (χ0) is 15.8. The van der Waals surface area contributed by atoms with Crippen LogP contribution >= 0.6 is 0 Å². The zero-order valence-corrected chi connectivity index (χ0v) is 13.0. The van der Waals surface area contributed by atoms with Gasteiger partial charge in [0.25, 0.3) is 5.91 Å². The van der Waals surface area contributed by atoms with Gasteiger partial charge in [0.1, 0.15) is 0 Å². The fourth-order valence-corrected chi connectivity index (χ4v) is 2.02. The van der Waals surface area contributed by atoms with Crippen molar-refractivity contribution in [2.24, 2.45) is 11.7 Å². The lowest BCUT2D eigenvalue weighted by Gasteiger charge is -2.14. The number of nitrogens with one attached hydrogen (secondary N) is 2. The van der Waals surface area contributed by atoms with E-state index >= 15 is 0 Å². The third-order valence-corrected chi connectivity index (χ3v) is 3.06. The summed E-state index contributed by atoms with van der Waals surface area (Å²) >= 11 is 0. The van der Waals surface area contributed by atoms with E-state index in [4.69, 9.17) is 5.73 Å². The van der Waals surface area contributed by atoms with Gasteiger partial charge in [-0.1, -0.05) is 26.0 Å². The topological polar surface area (TPSA) is 84.2 Å². The summed E-state index contributed by atoms with van der Waals surface area (Å²) in [6.45, 7) is 6.89. The molecule has 0 radical (unpaired) electrons. The molecule has 4 N–H and O–H groups in total. The molecule has 1 aromatic carbocycles. The molecule has 1 atom stereocenters. The molecule has 0 spiro atoms. The molecule has 0 bridgehead atoms. The second-order valence-electron chi connectivity index (χ2n) is 5.51. The molecule has 1 aromatic rings. The average molecular weight is 291 g/mol. The molecule has 116 valence electrons. The van der Waals surface area contributed by atoms with Gasteiger partial charge in [0.05, 0.1) is 6.04 Å². The monoisotopic (exact) mass is 291 g/mol. The minimum Gasteiger partial charge on any atom is -0.352 e. The summed E-state index contributed by atoms with van der Waals surface area (Å²) < 4.78 is 0. The average Bonchev–Trinajstić information content (AvgIpc) is 2.44. The maximum Gasteiger partial charge on any atom is 0.251 e. The van der Waals surface area contributed by atoms with Gasteiger partial charge < -0.3 is 16.4 Å². The summed E-state index contributed by atoms with van der Waals surface area (Å²) in [4.78, 5) is 23.6. The standard InChI is InChI=1S/C16H25N3O2/c1-4-18-15(20)13-7-5-6-12(9-13)10-19-16(21)14(17)8-11(2)3/h5-7,9,11,14H,4,8,10,17H2,1-3H3,(H,18,20)(H,19,21)/t14-/m0/s1. The van der Waals surface area contributed by atoms with E-state index in [1.54, 1.807) is 18.2 Å². The Balaban J connectivity index is 2.57. The van der Waals surface area contributed by atoms with E-state index in [2.05, 4.69) is 10.6 Å². The van der Waals surface area contributed by atoms with Crippen molar-refractivity contribution in [3.05, 3.63) is 35.4 Å². The number of benzene rings is 1. The van der Waals surface area contributed by atoms with Crippen molar-refractivity contribution in [1.29, 1.82) is 0 Å². The third kappa shape index (κ3) is 5.95. The number of carbonyl (C=O) groups excluding carboxylic acids is 2. The molecule has 0 aromatic heterocycles. The van der Waals surface area contributed by atoms with E-state index in [9.17, 15) is 9.59 Å². The smallest absolute Gasteiger partial charge is 0.251 e. The van der Waals surface area contributed by atoms with Gasteiger partial charge in [0.15, 0.2) is 0 Å². The van der Waals surface area contributed by atoms with Gasteiger partial charge in [0.2, 0.25) is 5.91 Å². The van der Waals surface area contributed by atoms with Crippen molar-refractivity contribution in [2.45, 2.75) is 39.8 Å². The number of carbonyl (C=O) groups is 2. The lowest BCUT2D eigenvalue weighted by Crippen LogP contribution is -2.41. The maximum atomic E-state index is 11.9. The van der Waals surface area contributed by atoms with Crippen LogP contribution in [-0.4, -0.2) is 24.4 Å². The highest BCUT2D eigenvalue weighted by Crippen LogP contribution is 2.06. The molecule has 2 amide bonds. The molecule has 21 heavy (non-hydrogen) atoms. The van der Waals surface area contributed by atoms with E-state index in [1.165, 1.54) is 0 Å². The molecule has 0 aliphatic carbocycles. The van der Waals surface area contributed by atoms with Crippen LogP contribution < -0.4 is 16.4 Å². The van der Waals surface area contributed by atoms with Gasteiger partial charge in [-0.25, -0.2) is 0 Å². The van der Waals surface area contributed by atoms with E-state index in [0.717, 1.165) is 5.56 Å². The molecule has 0 unspecified atom stereocenters. The highest BCUT2D eigenvalue weighted by atomic mass is 16.2. The minimum absolute atomic E-state index is 0.109. The molecule has 0 saturated carbocycles. The normalized spacial score (nSPS) is 12.0. The SMILES string of the molecule is CCNC(=O)c1cccc(CNC(=O)[C@@H](N)CC(C)C)c1. The highest BCUT2D eigenvalue weighted by molar-refractivity contribution is 5.94. The molecule has 0 heterocycles. The van der Waals surface area contributed by atoms with Crippen molar-refractivity contribution < 1.29 is 9.59 Å². The van der Waals surface area contributed by atoms with Crippen molar-refractivity contribution in [3.63, 3.8) is 0 Å². The Morgan fingerprint density at radius 3 is 2.57 bits per heavy atom. The van der Waals surface area contributed by atoms with Crippen LogP contribution in [0.3, 0.4) is 0 Å². The van der Waals surface area contributed by atoms with E-state index in [0.29, 0.717) is 31.0 Å². The van der Waals surface area contributed by atoms with E-state index in [-0.39, 0.29) is 11.8 Å². The lowest BCUT2D eigenvalue weighted by molar-refractivity contribution is -0.122. The Labute approximate surface area is 126 Å². The number of hydrogen-bond acceptors (Lipinski definition) is 3. The number of amides is 2.